The Balaban J connectivity index is 2.45. The summed E-state index contributed by atoms with van der Waals surface area (Å²) in [5.74, 6) is 0.199. The molecule has 2 rings (SSSR count). The second-order valence-corrected chi connectivity index (χ2v) is 5.97. The minimum atomic E-state index is -0.130. The molecule has 1 heterocycles. The predicted molar refractivity (Wildman–Crippen MR) is 70.2 cm³/mol. The first kappa shape index (κ1) is 11.5. The summed E-state index contributed by atoms with van der Waals surface area (Å²) in [6.07, 6.45) is 1.45. The molecule has 0 fully saturated rings. The first-order valence-electron chi connectivity index (χ1n) is 5.52. The van der Waals surface area contributed by atoms with Gasteiger partial charge in [0.1, 0.15) is 0 Å². The highest BCUT2D eigenvalue weighted by Gasteiger charge is 2.23. The number of benzene rings is 1. The number of amides is 1. The number of aryl methyl sites for hydroxylation is 1. The van der Waals surface area contributed by atoms with E-state index in [9.17, 15) is 4.79 Å². The summed E-state index contributed by atoms with van der Waals surface area (Å²) in [4.78, 5) is 13.3. The van der Waals surface area contributed by atoms with Crippen molar-refractivity contribution in [3.05, 3.63) is 29.3 Å². The zero-order valence-corrected chi connectivity index (χ0v) is 10.8. The molecular weight excluding hydrogens is 218 g/mol. The van der Waals surface area contributed by atoms with E-state index in [4.69, 9.17) is 0 Å². The van der Waals surface area contributed by atoms with Crippen molar-refractivity contribution in [1.29, 1.82) is 0 Å². The SMILES string of the molecule is CN1C(=O)CCc2cc(C(C)(C)S)ccc21. The molecule has 3 heteroatoms. The number of rotatable bonds is 1. The molecule has 1 aliphatic rings. The first-order valence-corrected chi connectivity index (χ1v) is 5.96. The molecule has 0 atom stereocenters. The van der Waals surface area contributed by atoms with Crippen LogP contribution in [0.4, 0.5) is 5.69 Å². The van der Waals surface area contributed by atoms with Gasteiger partial charge in [0.15, 0.2) is 0 Å². The van der Waals surface area contributed by atoms with Crippen LogP contribution >= 0.6 is 12.6 Å². The maximum absolute atomic E-state index is 11.5. The van der Waals surface area contributed by atoms with Crippen molar-refractivity contribution in [2.45, 2.75) is 31.4 Å². The number of anilines is 1. The Labute approximate surface area is 102 Å². The molecule has 0 unspecified atom stereocenters. The van der Waals surface area contributed by atoms with Gasteiger partial charge >= 0.3 is 0 Å². The Morgan fingerprint density at radius 2 is 2.00 bits per heavy atom. The minimum absolute atomic E-state index is 0.130. The summed E-state index contributed by atoms with van der Waals surface area (Å²) >= 11 is 4.57. The van der Waals surface area contributed by atoms with E-state index in [-0.39, 0.29) is 10.7 Å². The fraction of sp³-hybridized carbons (Fsp3) is 0.462. The lowest BCUT2D eigenvalue weighted by atomic mass is 9.94. The van der Waals surface area contributed by atoms with Crippen LogP contribution in [0.3, 0.4) is 0 Å². The fourth-order valence-corrected chi connectivity index (χ4v) is 2.18. The van der Waals surface area contributed by atoms with Crippen LogP contribution in [0.1, 0.15) is 31.4 Å². The smallest absolute Gasteiger partial charge is 0.227 e. The molecule has 0 N–H and O–H groups in total. The zero-order valence-electron chi connectivity index (χ0n) is 9.95. The van der Waals surface area contributed by atoms with Gasteiger partial charge < -0.3 is 4.90 Å². The molecular formula is C13H17NOS. The van der Waals surface area contributed by atoms with Gasteiger partial charge in [-0.05, 0) is 37.5 Å². The summed E-state index contributed by atoms with van der Waals surface area (Å²) in [6.45, 7) is 4.16. The van der Waals surface area contributed by atoms with E-state index in [0.29, 0.717) is 6.42 Å². The zero-order chi connectivity index (χ0) is 11.9. The highest BCUT2D eigenvalue weighted by Crippen LogP contribution is 2.33. The maximum atomic E-state index is 11.5. The Kier molecular flexibility index (Phi) is 2.74. The van der Waals surface area contributed by atoms with Crippen molar-refractivity contribution >= 4 is 24.2 Å². The van der Waals surface area contributed by atoms with Crippen LogP contribution in [0, 0.1) is 0 Å². The molecule has 1 amide bonds. The van der Waals surface area contributed by atoms with E-state index in [1.165, 1.54) is 11.1 Å². The number of thiol groups is 1. The Morgan fingerprint density at radius 1 is 1.31 bits per heavy atom. The van der Waals surface area contributed by atoms with Crippen molar-refractivity contribution in [1.82, 2.24) is 0 Å². The summed E-state index contributed by atoms with van der Waals surface area (Å²) < 4.78 is -0.130. The number of carbonyl (C=O) groups is 1. The molecule has 0 spiro atoms. The normalized spacial score (nSPS) is 16.2. The molecule has 2 nitrogen and oxygen atoms in total. The molecule has 1 aliphatic heterocycles. The number of nitrogens with zero attached hydrogens (tertiary/aromatic N) is 1. The number of carbonyl (C=O) groups excluding carboxylic acids is 1. The molecule has 0 radical (unpaired) electrons. The Morgan fingerprint density at radius 3 is 2.62 bits per heavy atom. The highest BCUT2D eigenvalue weighted by molar-refractivity contribution is 7.81. The van der Waals surface area contributed by atoms with Crippen LogP contribution in [-0.2, 0) is 16.0 Å². The van der Waals surface area contributed by atoms with E-state index in [0.717, 1.165) is 12.1 Å². The molecule has 0 saturated heterocycles. The topological polar surface area (TPSA) is 20.3 Å². The molecule has 86 valence electrons. The predicted octanol–water partition coefficient (Wildman–Crippen LogP) is 2.76. The van der Waals surface area contributed by atoms with Crippen molar-refractivity contribution < 1.29 is 4.79 Å². The van der Waals surface area contributed by atoms with Crippen LogP contribution in [0.15, 0.2) is 18.2 Å². The van der Waals surface area contributed by atoms with Crippen LogP contribution in [0.2, 0.25) is 0 Å². The largest absolute Gasteiger partial charge is 0.315 e. The van der Waals surface area contributed by atoms with E-state index in [1.807, 2.05) is 13.1 Å². The quantitative estimate of drug-likeness (QED) is 0.742. The van der Waals surface area contributed by atoms with Gasteiger partial charge in [0, 0.05) is 23.9 Å². The van der Waals surface area contributed by atoms with Gasteiger partial charge in [0.25, 0.3) is 0 Å². The second kappa shape index (κ2) is 3.81. The minimum Gasteiger partial charge on any atom is -0.315 e. The third-order valence-electron chi connectivity index (χ3n) is 3.13. The standard InChI is InChI=1S/C13H17NOS/c1-13(2,16)10-5-6-11-9(8-10)4-7-12(15)14(11)3/h5-6,8,16H,4,7H2,1-3H3. The van der Waals surface area contributed by atoms with Gasteiger partial charge in [-0.3, -0.25) is 4.79 Å². The van der Waals surface area contributed by atoms with Crippen molar-refractivity contribution in [2.24, 2.45) is 0 Å². The van der Waals surface area contributed by atoms with E-state index in [1.54, 1.807) is 4.90 Å². The second-order valence-electron chi connectivity index (χ2n) is 4.86. The van der Waals surface area contributed by atoms with Gasteiger partial charge in [0.05, 0.1) is 0 Å². The molecule has 1 aromatic rings. The van der Waals surface area contributed by atoms with Gasteiger partial charge in [-0.25, -0.2) is 0 Å². The third kappa shape index (κ3) is 1.96. The molecule has 1 aromatic carbocycles. The summed E-state index contributed by atoms with van der Waals surface area (Å²) in [5, 5.41) is 0. The average Bonchev–Trinajstić information content (AvgIpc) is 2.22. The number of hydrogen-bond donors (Lipinski definition) is 1. The van der Waals surface area contributed by atoms with Gasteiger partial charge in [0.2, 0.25) is 5.91 Å². The summed E-state index contributed by atoms with van der Waals surface area (Å²) in [5.41, 5.74) is 3.50. The Bertz CT molecular complexity index is 434. The third-order valence-corrected chi connectivity index (χ3v) is 3.39. The molecule has 0 bridgehead atoms. The van der Waals surface area contributed by atoms with Crippen molar-refractivity contribution in [3.8, 4) is 0 Å². The highest BCUT2D eigenvalue weighted by atomic mass is 32.1. The molecule has 0 saturated carbocycles. The van der Waals surface area contributed by atoms with Crippen molar-refractivity contribution in [2.75, 3.05) is 11.9 Å². The van der Waals surface area contributed by atoms with E-state index >= 15 is 0 Å². The van der Waals surface area contributed by atoms with Crippen LogP contribution < -0.4 is 4.90 Å². The van der Waals surface area contributed by atoms with Crippen LogP contribution in [0.5, 0.6) is 0 Å². The number of hydrogen-bond acceptors (Lipinski definition) is 2. The van der Waals surface area contributed by atoms with Crippen LogP contribution in [0.25, 0.3) is 0 Å². The Hall–Kier alpha value is -0.960. The van der Waals surface area contributed by atoms with E-state index in [2.05, 4.69) is 38.6 Å². The molecule has 16 heavy (non-hydrogen) atoms. The monoisotopic (exact) mass is 235 g/mol. The number of fused-ring (bicyclic) bond motifs is 1. The van der Waals surface area contributed by atoms with Gasteiger partial charge in [-0.1, -0.05) is 12.1 Å². The lowest BCUT2D eigenvalue weighted by molar-refractivity contribution is -0.118. The fourth-order valence-electron chi connectivity index (χ4n) is 2.04. The first-order chi connectivity index (χ1) is 7.39. The summed E-state index contributed by atoms with van der Waals surface area (Å²) in [6, 6.07) is 6.26. The summed E-state index contributed by atoms with van der Waals surface area (Å²) in [7, 11) is 1.84. The van der Waals surface area contributed by atoms with Crippen molar-refractivity contribution in [3.63, 3.8) is 0 Å². The van der Waals surface area contributed by atoms with E-state index < -0.39 is 0 Å². The average molecular weight is 235 g/mol. The lowest BCUT2D eigenvalue weighted by Crippen LogP contribution is -2.31. The lowest BCUT2D eigenvalue weighted by Gasteiger charge is -2.28. The maximum Gasteiger partial charge on any atom is 0.227 e. The van der Waals surface area contributed by atoms with Gasteiger partial charge in [-0.15, -0.1) is 0 Å². The van der Waals surface area contributed by atoms with Crippen LogP contribution in [-0.4, -0.2) is 13.0 Å². The molecule has 0 aromatic heterocycles. The molecule has 0 aliphatic carbocycles. The van der Waals surface area contributed by atoms with Gasteiger partial charge in [-0.2, -0.15) is 12.6 Å².